The van der Waals surface area contributed by atoms with Crippen molar-refractivity contribution in [2.75, 3.05) is 17.6 Å². The molecule has 1 aliphatic rings. The highest BCUT2D eigenvalue weighted by atomic mass is 32.2. The number of halogens is 1. The Kier molecular flexibility index (Phi) is 7.51. The molecule has 0 unspecified atom stereocenters. The third kappa shape index (κ3) is 5.45. The normalized spacial score (nSPS) is 13.3. The summed E-state index contributed by atoms with van der Waals surface area (Å²) in [5.41, 5.74) is 4.12. The zero-order valence-corrected chi connectivity index (χ0v) is 23.5. The van der Waals surface area contributed by atoms with Crippen LogP contribution in [0.25, 0.3) is 15.9 Å². The highest BCUT2D eigenvalue weighted by molar-refractivity contribution is 7.99. The number of hydrogen-bond donors (Lipinski definition) is 1. The third-order valence-electron chi connectivity index (χ3n) is 6.94. The minimum atomic E-state index is -0.498. The Morgan fingerprint density at radius 2 is 1.80 bits per heavy atom. The van der Waals surface area contributed by atoms with Gasteiger partial charge in [0.2, 0.25) is 5.91 Å². The number of anilines is 1. The number of rotatable bonds is 7. The molecule has 1 N–H and O–H groups in total. The Morgan fingerprint density at radius 1 is 1.05 bits per heavy atom. The molecule has 0 saturated heterocycles. The Hall–Kier alpha value is -3.79. The summed E-state index contributed by atoms with van der Waals surface area (Å²) in [6, 6.07) is 24.1. The molecule has 40 heavy (non-hydrogen) atoms. The van der Waals surface area contributed by atoms with Gasteiger partial charge in [0.25, 0.3) is 5.56 Å². The lowest BCUT2D eigenvalue weighted by Crippen LogP contribution is -2.30. The second kappa shape index (κ2) is 11.4. The van der Waals surface area contributed by atoms with Crippen LogP contribution in [0.4, 0.5) is 10.1 Å². The average molecular weight is 571 g/mol. The fourth-order valence-electron chi connectivity index (χ4n) is 4.95. The van der Waals surface area contributed by atoms with Gasteiger partial charge in [-0.15, -0.1) is 11.3 Å². The van der Waals surface area contributed by atoms with Crippen molar-refractivity contribution in [2.24, 2.45) is 0 Å². The van der Waals surface area contributed by atoms with E-state index in [0.717, 1.165) is 42.1 Å². The van der Waals surface area contributed by atoms with Gasteiger partial charge in [0.1, 0.15) is 10.6 Å². The number of nitrogens with one attached hydrogen (secondary N) is 1. The highest BCUT2D eigenvalue weighted by Gasteiger charge is 2.26. The maximum absolute atomic E-state index is 14.1. The van der Waals surface area contributed by atoms with Gasteiger partial charge in [-0.05, 0) is 48.7 Å². The molecule has 0 spiro atoms. The standard InChI is InChI=1S/C31H27FN4O2S2/c1-20-11-13-22(14-12-20)36-30(38)28-23-15-16-35(17-21-7-3-2-4-8-21)18-26(23)40-29(28)34-31(36)39-19-27(37)33-25-10-6-5-9-24(25)32/h2-14H,15-19H2,1H3,(H,33,37). The van der Waals surface area contributed by atoms with E-state index < -0.39 is 5.82 Å². The number of para-hydroxylation sites is 1. The molecule has 3 aromatic carbocycles. The predicted octanol–water partition coefficient (Wildman–Crippen LogP) is 6.18. The third-order valence-corrected chi connectivity index (χ3v) is 8.99. The number of amides is 1. The summed E-state index contributed by atoms with van der Waals surface area (Å²) >= 11 is 2.73. The van der Waals surface area contributed by atoms with Crippen molar-refractivity contribution >= 4 is 44.9 Å². The van der Waals surface area contributed by atoms with Gasteiger partial charge >= 0.3 is 0 Å². The summed E-state index contributed by atoms with van der Waals surface area (Å²) in [4.78, 5) is 36.0. The Balaban J connectivity index is 1.33. The molecule has 202 valence electrons. The van der Waals surface area contributed by atoms with E-state index in [9.17, 15) is 14.0 Å². The number of benzene rings is 3. The van der Waals surface area contributed by atoms with Crippen molar-refractivity contribution in [3.05, 3.63) is 117 Å². The van der Waals surface area contributed by atoms with Crippen LogP contribution >= 0.6 is 23.1 Å². The molecule has 5 aromatic rings. The average Bonchev–Trinajstić information content (AvgIpc) is 3.32. The molecule has 0 atom stereocenters. The van der Waals surface area contributed by atoms with Crippen molar-refractivity contribution in [1.29, 1.82) is 0 Å². The summed E-state index contributed by atoms with van der Waals surface area (Å²) < 4.78 is 15.6. The predicted molar refractivity (Wildman–Crippen MR) is 160 cm³/mol. The number of carbonyl (C=O) groups excluding carboxylic acids is 1. The number of aryl methyl sites for hydroxylation is 1. The molecule has 0 fully saturated rings. The van der Waals surface area contributed by atoms with Crippen LogP contribution in [0.3, 0.4) is 0 Å². The number of fused-ring (bicyclic) bond motifs is 3. The molecule has 0 aliphatic carbocycles. The van der Waals surface area contributed by atoms with Crippen molar-refractivity contribution < 1.29 is 9.18 Å². The number of nitrogens with zero attached hydrogens (tertiary/aromatic N) is 3. The van der Waals surface area contributed by atoms with Gasteiger partial charge in [-0.25, -0.2) is 9.37 Å². The van der Waals surface area contributed by atoms with Crippen molar-refractivity contribution in [1.82, 2.24) is 14.5 Å². The van der Waals surface area contributed by atoms with E-state index in [2.05, 4.69) is 34.5 Å². The minimum absolute atomic E-state index is 0.0198. The first kappa shape index (κ1) is 26.4. The van der Waals surface area contributed by atoms with Gasteiger partial charge in [-0.3, -0.25) is 19.1 Å². The molecule has 6 rings (SSSR count). The van der Waals surface area contributed by atoms with E-state index in [1.807, 2.05) is 37.3 Å². The SMILES string of the molecule is Cc1ccc(-n2c(SCC(=O)Nc3ccccc3F)nc3sc4c(c3c2=O)CCN(Cc2ccccc2)C4)cc1. The molecule has 0 bridgehead atoms. The molecular formula is C31H27FN4O2S2. The number of thioether (sulfide) groups is 1. The summed E-state index contributed by atoms with van der Waals surface area (Å²) in [6.07, 6.45) is 0.782. The smallest absolute Gasteiger partial charge is 0.267 e. The van der Waals surface area contributed by atoms with Crippen LogP contribution in [-0.4, -0.2) is 32.7 Å². The van der Waals surface area contributed by atoms with Crippen molar-refractivity contribution in [3.8, 4) is 5.69 Å². The van der Waals surface area contributed by atoms with Crippen LogP contribution in [-0.2, 0) is 24.3 Å². The van der Waals surface area contributed by atoms with E-state index in [4.69, 9.17) is 4.98 Å². The van der Waals surface area contributed by atoms with Gasteiger partial charge < -0.3 is 5.32 Å². The highest BCUT2D eigenvalue weighted by Crippen LogP contribution is 2.35. The van der Waals surface area contributed by atoms with E-state index in [-0.39, 0.29) is 22.9 Å². The van der Waals surface area contributed by atoms with Crippen LogP contribution in [0.2, 0.25) is 0 Å². The fraction of sp³-hybridized carbons (Fsp3) is 0.194. The van der Waals surface area contributed by atoms with Gasteiger partial charge in [-0.1, -0.05) is 71.9 Å². The van der Waals surface area contributed by atoms with Crippen LogP contribution in [0, 0.1) is 12.7 Å². The quantitative estimate of drug-likeness (QED) is 0.187. The fourth-order valence-corrected chi connectivity index (χ4v) is 7.07. The second-order valence-corrected chi connectivity index (χ2v) is 11.8. The largest absolute Gasteiger partial charge is 0.323 e. The van der Waals surface area contributed by atoms with Crippen LogP contribution in [0.1, 0.15) is 21.6 Å². The van der Waals surface area contributed by atoms with E-state index >= 15 is 0 Å². The Labute approximate surface area is 239 Å². The lowest BCUT2D eigenvalue weighted by molar-refractivity contribution is -0.113. The summed E-state index contributed by atoms with van der Waals surface area (Å²) in [5.74, 6) is -0.891. The number of hydrogen-bond acceptors (Lipinski definition) is 6. The molecule has 2 aromatic heterocycles. The van der Waals surface area contributed by atoms with Gasteiger partial charge in [0.15, 0.2) is 5.16 Å². The molecule has 6 nitrogen and oxygen atoms in total. The molecular weight excluding hydrogens is 543 g/mol. The topological polar surface area (TPSA) is 67.2 Å². The zero-order chi connectivity index (χ0) is 27.6. The molecule has 9 heteroatoms. The molecule has 0 saturated carbocycles. The van der Waals surface area contributed by atoms with Gasteiger partial charge in [0.05, 0.1) is 22.5 Å². The molecule has 3 heterocycles. The Bertz CT molecular complexity index is 1750. The van der Waals surface area contributed by atoms with Gasteiger partial charge in [0, 0.05) is 24.5 Å². The first-order chi connectivity index (χ1) is 19.5. The monoisotopic (exact) mass is 570 g/mol. The van der Waals surface area contributed by atoms with Crippen LogP contribution in [0.5, 0.6) is 0 Å². The lowest BCUT2D eigenvalue weighted by atomic mass is 10.0. The number of carbonyl (C=O) groups is 1. The number of thiophene rings is 1. The lowest BCUT2D eigenvalue weighted by Gasteiger charge is -2.26. The maximum atomic E-state index is 14.1. The molecule has 1 aliphatic heterocycles. The second-order valence-electron chi connectivity index (χ2n) is 9.82. The first-order valence-corrected chi connectivity index (χ1v) is 14.8. The summed E-state index contributed by atoms with van der Waals surface area (Å²) in [5, 5.41) is 3.71. The Morgan fingerprint density at radius 3 is 2.58 bits per heavy atom. The van der Waals surface area contributed by atoms with Crippen LogP contribution in [0.15, 0.2) is 88.8 Å². The zero-order valence-electron chi connectivity index (χ0n) is 21.9. The van der Waals surface area contributed by atoms with E-state index in [1.165, 1.54) is 29.5 Å². The first-order valence-electron chi connectivity index (χ1n) is 13.0. The van der Waals surface area contributed by atoms with E-state index in [0.29, 0.717) is 21.1 Å². The molecule has 1 amide bonds. The van der Waals surface area contributed by atoms with E-state index in [1.54, 1.807) is 28.0 Å². The number of aromatic nitrogens is 2. The van der Waals surface area contributed by atoms with Crippen molar-refractivity contribution in [2.45, 2.75) is 31.6 Å². The van der Waals surface area contributed by atoms with Crippen molar-refractivity contribution in [3.63, 3.8) is 0 Å². The summed E-state index contributed by atoms with van der Waals surface area (Å²) in [6.45, 7) is 4.48. The van der Waals surface area contributed by atoms with Gasteiger partial charge in [-0.2, -0.15) is 0 Å². The summed E-state index contributed by atoms with van der Waals surface area (Å²) in [7, 11) is 0. The minimum Gasteiger partial charge on any atom is -0.323 e. The van der Waals surface area contributed by atoms with Crippen LogP contribution < -0.4 is 10.9 Å². The maximum Gasteiger partial charge on any atom is 0.267 e. The molecule has 0 radical (unpaired) electrons.